The third-order valence-corrected chi connectivity index (χ3v) is 8.99. The topological polar surface area (TPSA) is 119 Å². The number of hydrogen-bond donors (Lipinski definition) is 2. The van der Waals surface area contributed by atoms with E-state index in [0.717, 1.165) is 53.3 Å². The summed E-state index contributed by atoms with van der Waals surface area (Å²) in [6, 6.07) is 15.5. The van der Waals surface area contributed by atoms with Crippen LogP contribution in [0.4, 0.5) is 16.4 Å². The molecule has 2 amide bonds. The zero-order valence-corrected chi connectivity index (χ0v) is 28.4. The fourth-order valence-corrected chi connectivity index (χ4v) is 6.65. The molecule has 4 aromatic rings. The Balaban J connectivity index is 1.20. The van der Waals surface area contributed by atoms with Crippen molar-refractivity contribution in [2.75, 3.05) is 23.7 Å². The number of nitrogens with zero attached hydrogens (tertiary/aromatic N) is 4. The molecule has 1 saturated heterocycles. The van der Waals surface area contributed by atoms with Gasteiger partial charge in [-0.3, -0.25) is 4.79 Å². The zero-order valence-electron chi connectivity index (χ0n) is 28.4. The summed E-state index contributed by atoms with van der Waals surface area (Å²) in [5.74, 6) is 2.08. The summed E-state index contributed by atoms with van der Waals surface area (Å²) in [5, 5.41) is 8.40. The molecule has 6 rings (SSSR count). The minimum absolute atomic E-state index is 0.0122. The maximum atomic E-state index is 13.0. The summed E-state index contributed by atoms with van der Waals surface area (Å²) in [6.07, 6.45) is 11.4. The number of aryl methyl sites for hydroxylation is 1. The molecule has 0 bridgehead atoms. The van der Waals surface area contributed by atoms with Crippen LogP contribution in [0.3, 0.4) is 0 Å². The van der Waals surface area contributed by atoms with E-state index in [1.54, 1.807) is 17.3 Å². The lowest BCUT2D eigenvalue weighted by Gasteiger charge is -2.34. The summed E-state index contributed by atoms with van der Waals surface area (Å²) in [7, 11) is 0. The van der Waals surface area contributed by atoms with Crippen LogP contribution in [0.2, 0.25) is 0 Å². The van der Waals surface area contributed by atoms with E-state index in [2.05, 4.69) is 20.6 Å². The number of fused-ring (bicyclic) bond motifs is 1. The highest BCUT2D eigenvalue weighted by molar-refractivity contribution is 6.04. The van der Waals surface area contributed by atoms with Crippen molar-refractivity contribution in [3.63, 3.8) is 0 Å². The molecule has 10 heteroatoms. The first-order chi connectivity index (χ1) is 23.1. The van der Waals surface area contributed by atoms with E-state index in [0.29, 0.717) is 48.7 Å². The molecule has 1 atom stereocenters. The summed E-state index contributed by atoms with van der Waals surface area (Å²) in [5.41, 5.74) is 2.55. The molecular weight excluding hydrogens is 604 g/mol. The number of piperidine rings is 1. The van der Waals surface area contributed by atoms with Crippen molar-refractivity contribution in [1.82, 2.24) is 19.9 Å². The van der Waals surface area contributed by atoms with E-state index >= 15 is 0 Å². The van der Waals surface area contributed by atoms with Crippen LogP contribution < -0.4 is 15.4 Å². The van der Waals surface area contributed by atoms with Crippen LogP contribution in [0.15, 0.2) is 60.9 Å². The van der Waals surface area contributed by atoms with Crippen molar-refractivity contribution >= 4 is 34.4 Å². The molecule has 2 fully saturated rings. The number of pyridine rings is 1. The van der Waals surface area contributed by atoms with E-state index in [-0.39, 0.29) is 18.0 Å². The minimum Gasteiger partial charge on any atom is -0.444 e. The van der Waals surface area contributed by atoms with Gasteiger partial charge in [-0.2, -0.15) is 0 Å². The number of ether oxygens (including phenoxy) is 2. The molecule has 0 unspecified atom stereocenters. The van der Waals surface area contributed by atoms with Gasteiger partial charge >= 0.3 is 6.09 Å². The van der Waals surface area contributed by atoms with Crippen LogP contribution in [0.5, 0.6) is 11.6 Å². The number of anilines is 2. The molecule has 10 nitrogen and oxygen atoms in total. The van der Waals surface area contributed by atoms with Crippen molar-refractivity contribution in [3.05, 3.63) is 66.5 Å². The van der Waals surface area contributed by atoms with Gasteiger partial charge in [-0.1, -0.05) is 43.5 Å². The Kier molecular flexibility index (Phi) is 10.1. The van der Waals surface area contributed by atoms with Gasteiger partial charge in [0.05, 0.1) is 11.3 Å². The predicted octanol–water partition coefficient (Wildman–Crippen LogP) is 8.51. The van der Waals surface area contributed by atoms with Gasteiger partial charge in [0, 0.05) is 54.4 Å². The number of carbonyl (C=O) groups excluding carboxylic acids is 2. The molecule has 1 aliphatic carbocycles. The third kappa shape index (κ3) is 8.21. The van der Waals surface area contributed by atoms with E-state index in [4.69, 9.17) is 14.5 Å². The Labute approximate surface area is 282 Å². The molecule has 0 radical (unpaired) electrons. The van der Waals surface area contributed by atoms with Gasteiger partial charge < -0.3 is 25.0 Å². The third-order valence-electron chi connectivity index (χ3n) is 8.99. The minimum atomic E-state index is -0.546. The van der Waals surface area contributed by atoms with Crippen LogP contribution >= 0.6 is 0 Å². The molecule has 252 valence electrons. The van der Waals surface area contributed by atoms with E-state index < -0.39 is 5.60 Å². The second-order valence-electron chi connectivity index (χ2n) is 14.0. The number of aromatic nitrogens is 3. The highest BCUT2D eigenvalue weighted by Crippen LogP contribution is 2.39. The van der Waals surface area contributed by atoms with Gasteiger partial charge in [0.2, 0.25) is 17.7 Å². The number of rotatable bonds is 8. The van der Waals surface area contributed by atoms with E-state index in [1.807, 2.05) is 76.2 Å². The Morgan fingerprint density at radius 1 is 0.917 bits per heavy atom. The second-order valence-corrected chi connectivity index (χ2v) is 14.0. The monoisotopic (exact) mass is 650 g/mol. The number of nitrogens with one attached hydrogen (secondary N) is 2. The fraction of sp³-hybridized carbons (Fsp3) is 0.447. The first-order valence-corrected chi connectivity index (χ1v) is 17.2. The number of benzene rings is 2. The van der Waals surface area contributed by atoms with Crippen LogP contribution in [0.25, 0.3) is 22.0 Å². The van der Waals surface area contributed by atoms with Crippen LogP contribution in [0, 0.1) is 12.8 Å². The van der Waals surface area contributed by atoms with Crippen LogP contribution in [-0.4, -0.2) is 56.6 Å². The molecule has 1 aliphatic heterocycles. The van der Waals surface area contributed by atoms with Crippen molar-refractivity contribution in [1.29, 1.82) is 0 Å². The highest BCUT2D eigenvalue weighted by Gasteiger charge is 2.28. The average molecular weight is 651 g/mol. The quantitative estimate of drug-likeness (QED) is 0.195. The van der Waals surface area contributed by atoms with Crippen LogP contribution in [0.1, 0.15) is 77.7 Å². The molecule has 2 N–H and O–H groups in total. The lowest BCUT2D eigenvalue weighted by molar-refractivity contribution is -0.117. The average Bonchev–Trinajstić information content (AvgIpc) is 3.06. The first-order valence-electron chi connectivity index (χ1n) is 17.2. The summed E-state index contributed by atoms with van der Waals surface area (Å²) >= 11 is 0. The number of carbonyl (C=O) groups is 2. The van der Waals surface area contributed by atoms with Crippen LogP contribution in [-0.2, 0) is 9.53 Å². The molecule has 0 spiro atoms. The highest BCUT2D eigenvalue weighted by atomic mass is 16.6. The van der Waals surface area contributed by atoms with Crippen molar-refractivity contribution in [2.24, 2.45) is 5.92 Å². The van der Waals surface area contributed by atoms with Gasteiger partial charge in [0.1, 0.15) is 11.4 Å². The number of likely N-dealkylation sites (tertiary alicyclic amines) is 1. The summed E-state index contributed by atoms with van der Waals surface area (Å²) in [6.45, 7) is 8.79. The standard InChI is InChI=1S/C38H46N6O4/c1-25-17-18-28-29(14-8-16-31(28)42-33(45)23-26-11-6-5-7-12-26)34(25)47-35-30(15-9-20-39-35)32-19-21-40-36(43-32)41-27-13-10-22-44(24-27)37(46)48-38(2,3)4/h8-9,14-21,26-27H,5-7,10-13,22-24H2,1-4H3,(H,42,45)(H,40,41,43)/t27-/m0/s1. The number of amides is 2. The van der Waals surface area contributed by atoms with Gasteiger partial charge in [-0.15, -0.1) is 0 Å². The molecule has 2 aromatic heterocycles. The summed E-state index contributed by atoms with van der Waals surface area (Å²) in [4.78, 5) is 41.4. The lowest BCUT2D eigenvalue weighted by Crippen LogP contribution is -2.47. The molecule has 48 heavy (non-hydrogen) atoms. The van der Waals surface area contributed by atoms with Gasteiger partial charge in [-0.05, 0) is 89.1 Å². The Morgan fingerprint density at radius 3 is 2.56 bits per heavy atom. The maximum absolute atomic E-state index is 13.0. The van der Waals surface area contributed by atoms with Gasteiger partial charge in [0.25, 0.3) is 0 Å². The fourth-order valence-electron chi connectivity index (χ4n) is 6.65. The predicted molar refractivity (Wildman–Crippen MR) is 188 cm³/mol. The van der Waals surface area contributed by atoms with E-state index in [1.165, 1.54) is 19.3 Å². The first kappa shape index (κ1) is 33.2. The second kappa shape index (κ2) is 14.6. The molecule has 2 aromatic carbocycles. The maximum Gasteiger partial charge on any atom is 0.410 e. The largest absolute Gasteiger partial charge is 0.444 e. The van der Waals surface area contributed by atoms with Crippen molar-refractivity contribution < 1.29 is 19.1 Å². The van der Waals surface area contributed by atoms with E-state index in [9.17, 15) is 9.59 Å². The summed E-state index contributed by atoms with van der Waals surface area (Å²) < 4.78 is 12.2. The zero-order chi connectivity index (χ0) is 33.7. The Bertz CT molecular complexity index is 1760. The Hall–Kier alpha value is -4.73. The normalized spacial score (nSPS) is 17.2. The molecule has 1 saturated carbocycles. The lowest BCUT2D eigenvalue weighted by atomic mass is 9.87. The Morgan fingerprint density at radius 2 is 1.75 bits per heavy atom. The molecule has 2 aliphatic rings. The number of hydrogen-bond acceptors (Lipinski definition) is 8. The van der Waals surface area contributed by atoms with Gasteiger partial charge in [-0.25, -0.2) is 19.7 Å². The van der Waals surface area contributed by atoms with Gasteiger partial charge in [0.15, 0.2) is 0 Å². The smallest absolute Gasteiger partial charge is 0.410 e. The SMILES string of the molecule is Cc1ccc2c(NC(=O)CC3CCCCC3)cccc2c1Oc1ncccc1-c1ccnc(N[C@H]2CCCN(C(=O)OC(C)(C)C)C2)n1. The molecule has 3 heterocycles. The van der Waals surface area contributed by atoms with Crippen molar-refractivity contribution in [3.8, 4) is 22.9 Å². The molecular formula is C38H46N6O4. The van der Waals surface area contributed by atoms with Crippen molar-refractivity contribution in [2.45, 2.75) is 90.7 Å².